The van der Waals surface area contributed by atoms with Crippen LogP contribution in [0.2, 0.25) is 0 Å². The summed E-state index contributed by atoms with van der Waals surface area (Å²) in [6.45, 7) is 11.0. The van der Waals surface area contributed by atoms with Crippen LogP contribution in [0, 0.1) is 13.8 Å². The fourth-order valence-corrected chi connectivity index (χ4v) is 3.34. The zero-order chi connectivity index (χ0) is 19.0. The second-order valence-electron chi connectivity index (χ2n) is 6.75. The van der Waals surface area contributed by atoms with Crippen LogP contribution in [-0.2, 0) is 26.7 Å². The molecule has 1 aliphatic heterocycles. The van der Waals surface area contributed by atoms with Crippen LogP contribution in [-0.4, -0.2) is 38.3 Å². The number of fused-ring (bicyclic) bond motifs is 1. The molecule has 0 radical (unpaired) electrons. The molecule has 0 aromatic carbocycles. The molecule has 7 heteroatoms. The van der Waals surface area contributed by atoms with Gasteiger partial charge in [0.05, 0.1) is 36.5 Å². The van der Waals surface area contributed by atoms with Gasteiger partial charge in [0.25, 0.3) is 11.5 Å². The van der Waals surface area contributed by atoms with Crippen molar-refractivity contribution >= 4 is 5.91 Å². The Morgan fingerprint density at radius 3 is 2.62 bits per heavy atom. The van der Waals surface area contributed by atoms with Gasteiger partial charge in [0.2, 0.25) is 0 Å². The minimum Gasteiger partial charge on any atom is -0.464 e. The molecule has 0 fully saturated rings. The summed E-state index contributed by atoms with van der Waals surface area (Å²) in [5.74, 6) is 1.94. The number of amides is 1. The molecular weight excluding hydrogens is 332 g/mol. The maximum Gasteiger partial charge on any atom is 0.258 e. The topological polar surface area (TPSA) is 71.6 Å². The highest BCUT2D eigenvalue weighted by molar-refractivity contribution is 5.95. The molecule has 0 saturated carbocycles. The third-order valence-electron chi connectivity index (χ3n) is 5.14. The van der Waals surface area contributed by atoms with Crippen molar-refractivity contribution in [1.82, 2.24) is 19.4 Å². The van der Waals surface area contributed by atoms with E-state index in [2.05, 4.69) is 23.7 Å². The molecule has 0 aliphatic carbocycles. The van der Waals surface area contributed by atoms with Crippen molar-refractivity contribution in [2.24, 2.45) is 7.05 Å². The first kappa shape index (κ1) is 18.4. The second kappa shape index (κ2) is 7.07. The molecule has 0 unspecified atom stereocenters. The first-order valence-corrected chi connectivity index (χ1v) is 9.02. The lowest BCUT2D eigenvalue weighted by Crippen LogP contribution is -2.27. The molecule has 2 aromatic rings. The van der Waals surface area contributed by atoms with Gasteiger partial charge in [0.1, 0.15) is 17.3 Å². The minimum atomic E-state index is -0.116. The fourth-order valence-electron chi connectivity index (χ4n) is 3.34. The van der Waals surface area contributed by atoms with Crippen LogP contribution < -0.4 is 5.56 Å². The Kier molecular flexibility index (Phi) is 5.00. The van der Waals surface area contributed by atoms with E-state index in [4.69, 9.17) is 4.42 Å². The van der Waals surface area contributed by atoms with E-state index < -0.39 is 0 Å². The summed E-state index contributed by atoms with van der Waals surface area (Å²) in [6, 6.07) is 1.83. The summed E-state index contributed by atoms with van der Waals surface area (Å²) in [5.41, 5.74) is 1.79. The maximum absolute atomic E-state index is 13.0. The highest BCUT2D eigenvalue weighted by Gasteiger charge is 2.30. The number of carbonyl (C=O) groups excluding carboxylic acids is 1. The number of aromatic nitrogens is 2. The van der Waals surface area contributed by atoms with Gasteiger partial charge < -0.3 is 9.32 Å². The lowest BCUT2D eigenvalue weighted by atomic mass is 10.2. The summed E-state index contributed by atoms with van der Waals surface area (Å²) >= 11 is 0. The Balaban J connectivity index is 1.82. The average molecular weight is 358 g/mol. The predicted octanol–water partition coefficient (Wildman–Crippen LogP) is 1.99. The molecule has 1 aliphatic rings. The first-order chi connectivity index (χ1) is 12.3. The molecule has 0 bridgehead atoms. The first-order valence-electron chi connectivity index (χ1n) is 9.02. The molecule has 3 rings (SSSR count). The number of furan rings is 1. The van der Waals surface area contributed by atoms with Crippen LogP contribution in [0.15, 0.2) is 15.3 Å². The van der Waals surface area contributed by atoms with E-state index >= 15 is 0 Å². The van der Waals surface area contributed by atoms with E-state index in [0.717, 1.165) is 18.8 Å². The summed E-state index contributed by atoms with van der Waals surface area (Å²) in [5, 5.41) is 0. The SMILES string of the molecule is CCN(CC)Cc1cc(C(=O)N2Cc3nc(C)n(C)c(=O)c3C2)c(C)o1. The van der Waals surface area contributed by atoms with Crippen LogP contribution in [0.3, 0.4) is 0 Å². The molecular formula is C19H26N4O3. The minimum absolute atomic E-state index is 0.0751. The van der Waals surface area contributed by atoms with E-state index in [9.17, 15) is 9.59 Å². The number of hydrogen-bond donors (Lipinski definition) is 0. The quantitative estimate of drug-likeness (QED) is 0.817. The van der Waals surface area contributed by atoms with Crippen LogP contribution in [0.4, 0.5) is 0 Å². The summed E-state index contributed by atoms with van der Waals surface area (Å²) in [7, 11) is 1.70. The number of hydrogen-bond acceptors (Lipinski definition) is 5. The van der Waals surface area contributed by atoms with Crippen molar-refractivity contribution in [2.45, 2.75) is 47.3 Å². The fraction of sp³-hybridized carbons (Fsp3) is 0.526. The third-order valence-corrected chi connectivity index (χ3v) is 5.14. The monoisotopic (exact) mass is 358 g/mol. The van der Waals surface area contributed by atoms with Gasteiger partial charge in [-0.15, -0.1) is 0 Å². The Morgan fingerprint density at radius 2 is 1.96 bits per heavy atom. The van der Waals surface area contributed by atoms with Gasteiger partial charge in [-0.1, -0.05) is 13.8 Å². The zero-order valence-corrected chi connectivity index (χ0v) is 16.1. The van der Waals surface area contributed by atoms with Gasteiger partial charge in [-0.3, -0.25) is 19.1 Å². The smallest absolute Gasteiger partial charge is 0.258 e. The molecule has 7 nitrogen and oxygen atoms in total. The summed E-state index contributed by atoms with van der Waals surface area (Å²) in [4.78, 5) is 33.7. The zero-order valence-electron chi connectivity index (χ0n) is 16.1. The van der Waals surface area contributed by atoms with E-state index in [-0.39, 0.29) is 11.5 Å². The van der Waals surface area contributed by atoms with Gasteiger partial charge in [-0.05, 0) is 33.0 Å². The van der Waals surface area contributed by atoms with Crippen LogP contribution in [0.5, 0.6) is 0 Å². The second-order valence-corrected chi connectivity index (χ2v) is 6.75. The average Bonchev–Trinajstić information content (AvgIpc) is 3.20. The van der Waals surface area contributed by atoms with Crippen molar-refractivity contribution in [1.29, 1.82) is 0 Å². The maximum atomic E-state index is 13.0. The Bertz CT molecular complexity index is 893. The number of nitrogens with zero attached hydrogens (tertiary/aromatic N) is 4. The van der Waals surface area contributed by atoms with E-state index in [1.165, 1.54) is 4.57 Å². The van der Waals surface area contributed by atoms with Gasteiger partial charge in [-0.2, -0.15) is 0 Å². The molecule has 26 heavy (non-hydrogen) atoms. The van der Waals surface area contributed by atoms with Gasteiger partial charge >= 0.3 is 0 Å². The number of aryl methyl sites for hydroxylation is 2. The number of carbonyl (C=O) groups is 1. The van der Waals surface area contributed by atoms with E-state index in [1.54, 1.807) is 18.9 Å². The van der Waals surface area contributed by atoms with Crippen molar-refractivity contribution in [3.8, 4) is 0 Å². The van der Waals surface area contributed by atoms with Crippen LogP contribution in [0.25, 0.3) is 0 Å². The summed E-state index contributed by atoms with van der Waals surface area (Å²) in [6.07, 6.45) is 0. The van der Waals surface area contributed by atoms with E-state index in [1.807, 2.05) is 13.0 Å². The van der Waals surface area contributed by atoms with Crippen molar-refractivity contribution < 1.29 is 9.21 Å². The van der Waals surface area contributed by atoms with Crippen LogP contribution in [0.1, 0.15) is 52.8 Å². The largest absolute Gasteiger partial charge is 0.464 e. The number of rotatable bonds is 5. The lowest BCUT2D eigenvalue weighted by molar-refractivity contribution is 0.0748. The molecule has 2 aromatic heterocycles. The molecule has 0 spiro atoms. The molecule has 0 saturated heterocycles. The standard InChI is InChI=1S/C19H26N4O3/c1-6-22(7-2)9-14-8-15(12(3)26-14)19(25)23-10-16-17(11-23)20-13(4)21(5)18(16)24/h8H,6-7,9-11H2,1-5H3. The highest BCUT2D eigenvalue weighted by Crippen LogP contribution is 2.24. The molecule has 0 N–H and O–H groups in total. The van der Waals surface area contributed by atoms with Crippen molar-refractivity contribution in [2.75, 3.05) is 13.1 Å². The van der Waals surface area contributed by atoms with Crippen molar-refractivity contribution in [3.05, 3.63) is 50.6 Å². The lowest BCUT2D eigenvalue weighted by Gasteiger charge is -2.15. The van der Waals surface area contributed by atoms with Crippen molar-refractivity contribution in [3.63, 3.8) is 0 Å². The van der Waals surface area contributed by atoms with Gasteiger partial charge in [0, 0.05) is 7.05 Å². The Hall–Kier alpha value is -2.41. The predicted molar refractivity (Wildman–Crippen MR) is 97.9 cm³/mol. The van der Waals surface area contributed by atoms with Gasteiger partial charge in [-0.25, -0.2) is 4.98 Å². The molecule has 0 atom stereocenters. The normalized spacial score (nSPS) is 13.5. The highest BCUT2D eigenvalue weighted by atomic mass is 16.3. The molecule has 1 amide bonds. The Labute approximate surface area is 153 Å². The van der Waals surface area contributed by atoms with Gasteiger partial charge in [0.15, 0.2) is 0 Å². The molecule has 140 valence electrons. The third kappa shape index (κ3) is 3.19. The van der Waals surface area contributed by atoms with E-state index in [0.29, 0.717) is 48.0 Å². The summed E-state index contributed by atoms with van der Waals surface area (Å²) < 4.78 is 7.32. The van der Waals surface area contributed by atoms with Crippen LogP contribution >= 0.6 is 0 Å². The Morgan fingerprint density at radius 1 is 1.27 bits per heavy atom. The molecule has 3 heterocycles.